The number of nitrogens with zero attached hydrogens (tertiary/aromatic N) is 2. The van der Waals surface area contributed by atoms with Gasteiger partial charge in [0.2, 0.25) is 0 Å². The van der Waals surface area contributed by atoms with Crippen LogP contribution in [0.1, 0.15) is 19.3 Å². The molecule has 0 spiro atoms. The van der Waals surface area contributed by atoms with Gasteiger partial charge in [-0.3, -0.25) is 0 Å². The fourth-order valence-corrected chi connectivity index (χ4v) is 3.30. The Balaban J connectivity index is 2.31. The second-order valence-corrected chi connectivity index (χ2v) is 6.84. The molecular weight excluding hydrogens is 254 g/mol. The van der Waals surface area contributed by atoms with Crippen molar-refractivity contribution in [1.82, 2.24) is 13.9 Å². The lowest BCUT2D eigenvalue weighted by atomic mass is 10.00. The molecule has 0 aromatic heterocycles. The highest BCUT2D eigenvalue weighted by atomic mass is 32.2. The summed E-state index contributed by atoms with van der Waals surface area (Å²) in [5.41, 5.74) is 0. The molecule has 0 aromatic carbocycles. The van der Waals surface area contributed by atoms with Crippen LogP contribution < -0.4 is 4.72 Å². The van der Waals surface area contributed by atoms with Gasteiger partial charge < -0.3 is 10.0 Å². The molecule has 0 saturated carbocycles. The SMILES string of the molecule is CN(C)CCCNS(=O)(=O)N1CCC(CO)CC1. The largest absolute Gasteiger partial charge is 0.396 e. The molecule has 0 amide bonds. The third-order valence-electron chi connectivity index (χ3n) is 3.24. The second-order valence-electron chi connectivity index (χ2n) is 5.08. The summed E-state index contributed by atoms with van der Waals surface area (Å²) in [7, 11) is 0.603. The van der Waals surface area contributed by atoms with Crippen molar-refractivity contribution in [2.45, 2.75) is 19.3 Å². The predicted molar refractivity (Wildman–Crippen MR) is 71.5 cm³/mol. The van der Waals surface area contributed by atoms with Crippen LogP contribution >= 0.6 is 0 Å². The third kappa shape index (κ3) is 5.19. The average Bonchev–Trinajstić information content (AvgIpc) is 2.34. The Morgan fingerprint density at radius 1 is 1.33 bits per heavy atom. The van der Waals surface area contributed by atoms with Crippen LogP contribution in [-0.4, -0.2) is 69.6 Å². The van der Waals surface area contributed by atoms with Crippen molar-refractivity contribution >= 4 is 10.2 Å². The molecule has 1 rings (SSSR count). The molecule has 1 heterocycles. The Labute approximate surface area is 110 Å². The Hall–Kier alpha value is -0.210. The van der Waals surface area contributed by atoms with Gasteiger partial charge in [-0.25, -0.2) is 4.72 Å². The summed E-state index contributed by atoms with van der Waals surface area (Å²) in [6.07, 6.45) is 2.30. The van der Waals surface area contributed by atoms with Crippen LogP contribution in [0.4, 0.5) is 0 Å². The van der Waals surface area contributed by atoms with E-state index in [4.69, 9.17) is 5.11 Å². The zero-order chi connectivity index (χ0) is 13.6. The minimum Gasteiger partial charge on any atom is -0.396 e. The number of hydrogen-bond donors (Lipinski definition) is 2. The zero-order valence-electron chi connectivity index (χ0n) is 11.3. The fraction of sp³-hybridized carbons (Fsp3) is 1.00. The number of hydrogen-bond acceptors (Lipinski definition) is 4. The number of aliphatic hydroxyl groups is 1. The molecule has 1 fully saturated rings. The van der Waals surface area contributed by atoms with Crippen LogP contribution in [0.3, 0.4) is 0 Å². The third-order valence-corrected chi connectivity index (χ3v) is 4.85. The molecule has 6 nitrogen and oxygen atoms in total. The van der Waals surface area contributed by atoms with Gasteiger partial charge in [-0.1, -0.05) is 0 Å². The Morgan fingerprint density at radius 3 is 2.44 bits per heavy atom. The van der Waals surface area contributed by atoms with Crippen molar-refractivity contribution in [3.63, 3.8) is 0 Å². The standard InChI is InChI=1S/C11H25N3O3S/c1-13(2)7-3-6-12-18(16,17)14-8-4-11(10-15)5-9-14/h11-12,15H,3-10H2,1-2H3. The number of aliphatic hydroxyl groups excluding tert-OH is 1. The Morgan fingerprint density at radius 2 is 1.94 bits per heavy atom. The van der Waals surface area contributed by atoms with Gasteiger partial charge in [0.1, 0.15) is 0 Å². The summed E-state index contributed by atoms with van der Waals surface area (Å²) >= 11 is 0. The smallest absolute Gasteiger partial charge is 0.279 e. The lowest BCUT2D eigenvalue weighted by Gasteiger charge is -2.30. The van der Waals surface area contributed by atoms with E-state index in [9.17, 15) is 8.42 Å². The molecule has 0 radical (unpaired) electrons. The van der Waals surface area contributed by atoms with E-state index in [2.05, 4.69) is 4.72 Å². The second kappa shape index (κ2) is 7.40. The van der Waals surface area contributed by atoms with Crippen molar-refractivity contribution in [3.05, 3.63) is 0 Å². The maximum atomic E-state index is 12.0. The van der Waals surface area contributed by atoms with Crippen LogP contribution in [0.25, 0.3) is 0 Å². The summed E-state index contributed by atoms with van der Waals surface area (Å²) in [6.45, 7) is 2.52. The molecule has 0 atom stereocenters. The molecule has 108 valence electrons. The summed E-state index contributed by atoms with van der Waals surface area (Å²) in [6, 6.07) is 0. The highest BCUT2D eigenvalue weighted by Crippen LogP contribution is 2.18. The molecule has 0 aliphatic carbocycles. The molecule has 0 aromatic rings. The van der Waals surface area contributed by atoms with E-state index in [1.165, 1.54) is 4.31 Å². The van der Waals surface area contributed by atoms with Crippen LogP contribution in [0.2, 0.25) is 0 Å². The van der Waals surface area contributed by atoms with Crippen LogP contribution in [-0.2, 0) is 10.2 Å². The van der Waals surface area contributed by atoms with E-state index in [1.54, 1.807) is 0 Å². The van der Waals surface area contributed by atoms with Gasteiger partial charge in [0.15, 0.2) is 0 Å². The van der Waals surface area contributed by atoms with Crippen LogP contribution in [0.5, 0.6) is 0 Å². The first-order valence-corrected chi connectivity index (χ1v) is 7.90. The molecule has 2 N–H and O–H groups in total. The lowest BCUT2D eigenvalue weighted by molar-refractivity contribution is 0.169. The molecule has 1 aliphatic rings. The van der Waals surface area contributed by atoms with Gasteiger partial charge >= 0.3 is 0 Å². The summed E-state index contributed by atoms with van der Waals surface area (Å²) in [4.78, 5) is 2.03. The lowest BCUT2D eigenvalue weighted by Crippen LogP contribution is -2.45. The molecule has 7 heteroatoms. The minimum atomic E-state index is -3.33. The topological polar surface area (TPSA) is 72.9 Å². The number of nitrogens with one attached hydrogen (secondary N) is 1. The van der Waals surface area contributed by atoms with E-state index in [0.29, 0.717) is 19.6 Å². The maximum absolute atomic E-state index is 12.0. The monoisotopic (exact) mass is 279 g/mol. The van der Waals surface area contributed by atoms with Gasteiger partial charge in [-0.05, 0) is 45.8 Å². The van der Waals surface area contributed by atoms with Crippen molar-refractivity contribution in [2.24, 2.45) is 5.92 Å². The average molecular weight is 279 g/mol. The summed E-state index contributed by atoms with van der Waals surface area (Å²) < 4.78 is 28.0. The van der Waals surface area contributed by atoms with Gasteiger partial charge in [-0.2, -0.15) is 12.7 Å². The van der Waals surface area contributed by atoms with E-state index in [-0.39, 0.29) is 12.5 Å². The molecule has 0 bridgehead atoms. The van der Waals surface area contributed by atoms with Gasteiger partial charge in [0.05, 0.1) is 0 Å². The van der Waals surface area contributed by atoms with Gasteiger partial charge in [0, 0.05) is 26.2 Å². The minimum absolute atomic E-state index is 0.157. The number of rotatable bonds is 7. The summed E-state index contributed by atoms with van der Waals surface area (Å²) in [5, 5.41) is 9.02. The van der Waals surface area contributed by atoms with E-state index < -0.39 is 10.2 Å². The fourth-order valence-electron chi connectivity index (χ4n) is 2.02. The van der Waals surface area contributed by atoms with E-state index >= 15 is 0 Å². The van der Waals surface area contributed by atoms with Crippen molar-refractivity contribution < 1.29 is 13.5 Å². The van der Waals surface area contributed by atoms with Crippen molar-refractivity contribution in [2.75, 3.05) is 46.9 Å². The Bertz CT molecular complexity index is 324. The van der Waals surface area contributed by atoms with Crippen LogP contribution in [0.15, 0.2) is 0 Å². The van der Waals surface area contributed by atoms with Gasteiger partial charge in [-0.15, -0.1) is 0 Å². The first-order chi connectivity index (χ1) is 8.45. The van der Waals surface area contributed by atoms with Gasteiger partial charge in [0.25, 0.3) is 10.2 Å². The molecule has 1 aliphatic heterocycles. The molecule has 1 saturated heterocycles. The highest BCUT2D eigenvalue weighted by molar-refractivity contribution is 7.87. The zero-order valence-corrected chi connectivity index (χ0v) is 12.1. The first-order valence-electron chi connectivity index (χ1n) is 6.46. The van der Waals surface area contributed by atoms with E-state index in [1.807, 2.05) is 19.0 Å². The quantitative estimate of drug-likeness (QED) is 0.615. The predicted octanol–water partition coefficient (Wildman–Crippen LogP) is -0.523. The highest BCUT2D eigenvalue weighted by Gasteiger charge is 2.26. The molecule has 18 heavy (non-hydrogen) atoms. The van der Waals surface area contributed by atoms with E-state index in [0.717, 1.165) is 25.8 Å². The summed E-state index contributed by atoms with van der Waals surface area (Å²) in [5.74, 6) is 0.255. The normalized spacial score (nSPS) is 19.6. The molecule has 0 unspecified atom stereocenters. The maximum Gasteiger partial charge on any atom is 0.279 e. The molecular formula is C11H25N3O3S. The van der Waals surface area contributed by atoms with Crippen molar-refractivity contribution in [1.29, 1.82) is 0 Å². The van der Waals surface area contributed by atoms with Crippen LogP contribution in [0, 0.1) is 5.92 Å². The number of piperidine rings is 1. The Kier molecular flexibility index (Phi) is 6.51. The van der Waals surface area contributed by atoms with Crippen molar-refractivity contribution in [3.8, 4) is 0 Å². The first kappa shape index (κ1) is 15.8.